The van der Waals surface area contributed by atoms with Crippen molar-refractivity contribution in [2.24, 2.45) is 22.3 Å². The third-order valence-electron chi connectivity index (χ3n) is 2.97. The minimum atomic E-state index is 0.279. The van der Waals surface area contributed by atoms with Crippen LogP contribution in [0.25, 0.3) is 0 Å². The molecule has 0 aromatic carbocycles. The lowest BCUT2D eigenvalue weighted by molar-refractivity contribution is 0.0904. The summed E-state index contributed by atoms with van der Waals surface area (Å²) in [6.07, 6.45) is 3.44. The molecule has 12 heavy (non-hydrogen) atoms. The largest absolute Gasteiger partial charge is 0.330 e. The monoisotopic (exact) mass is 170 g/mol. The van der Waals surface area contributed by atoms with Gasteiger partial charge in [-0.2, -0.15) is 0 Å². The molecule has 0 saturated heterocycles. The van der Waals surface area contributed by atoms with Gasteiger partial charge in [0.1, 0.15) is 0 Å². The molecule has 0 spiro atoms. The van der Waals surface area contributed by atoms with Gasteiger partial charge in [0, 0.05) is 6.04 Å². The van der Waals surface area contributed by atoms with Crippen molar-refractivity contribution in [3.8, 4) is 0 Å². The van der Waals surface area contributed by atoms with E-state index in [-0.39, 0.29) is 5.41 Å². The second-order valence-electron chi connectivity index (χ2n) is 5.52. The summed E-state index contributed by atoms with van der Waals surface area (Å²) in [6, 6.07) is 0.349. The smallest absolute Gasteiger partial charge is 0.00495 e. The third-order valence-corrected chi connectivity index (χ3v) is 2.97. The van der Waals surface area contributed by atoms with Crippen molar-refractivity contribution in [2.45, 2.75) is 46.1 Å². The molecule has 1 aliphatic rings. The van der Waals surface area contributed by atoms with Gasteiger partial charge in [-0.1, -0.05) is 20.8 Å². The molecular weight excluding hydrogens is 148 g/mol. The Morgan fingerprint density at radius 1 is 1.25 bits per heavy atom. The Kier molecular flexibility index (Phi) is 2.50. The predicted molar refractivity (Wildman–Crippen MR) is 52.8 cm³/mol. The molecule has 72 valence electrons. The maximum Gasteiger partial charge on any atom is 0.00495 e. The molecule has 0 radical (unpaired) electrons. The maximum absolute atomic E-state index is 6.01. The van der Waals surface area contributed by atoms with Crippen LogP contribution < -0.4 is 11.5 Å². The molecule has 0 aromatic rings. The zero-order valence-electron chi connectivity index (χ0n) is 8.56. The molecule has 1 saturated carbocycles. The van der Waals surface area contributed by atoms with Crippen LogP contribution >= 0.6 is 0 Å². The van der Waals surface area contributed by atoms with Gasteiger partial charge in [-0.25, -0.2) is 0 Å². The fourth-order valence-electron chi connectivity index (χ4n) is 2.87. The topological polar surface area (TPSA) is 52.0 Å². The van der Waals surface area contributed by atoms with E-state index in [0.29, 0.717) is 11.5 Å². The molecule has 2 atom stereocenters. The first-order valence-corrected chi connectivity index (χ1v) is 4.83. The van der Waals surface area contributed by atoms with Crippen molar-refractivity contribution in [1.29, 1.82) is 0 Å². The van der Waals surface area contributed by atoms with E-state index >= 15 is 0 Å². The molecule has 0 bridgehead atoms. The molecule has 0 amide bonds. The van der Waals surface area contributed by atoms with Crippen LogP contribution in [0.5, 0.6) is 0 Å². The van der Waals surface area contributed by atoms with Gasteiger partial charge in [0.25, 0.3) is 0 Å². The van der Waals surface area contributed by atoms with Crippen molar-refractivity contribution in [3.05, 3.63) is 0 Å². The summed E-state index contributed by atoms with van der Waals surface area (Å²) in [5, 5.41) is 0. The predicted octanol–water partition coefficient (Wildman–Crippen LogP) is 1.49. The lowest BCUT2D eigenvalue weighted by Crippen LogP contribution is -2.45. The van der Waals surface area contributed by atoms with Gasteiger partial charge < -0.3 is 11.5 Å². The van der Waals surface area contributed by atoms with Crippen molar-refractivity contribution in [1.82, 2.24) is 0 Å². The average molecular weight is 170 g/mol. The first-order valence-electron chi connectivity index (χ1n) is 4.83. The average Bonchev–Trinajstić information content (AvgIpc) is 1.82. The molecule has 4 N–H and O–H groups in total. The molecule has 1 rings (SSSR count). The summed E-state index contributed by atoms with van der Waals surface area (Å²) in [4.78, 5) is 0. The Labute approximate surface area is 75.7 Å². The standard InChI is InChI=1S/C10H22N2/c1-9(2)4-8(12)5-10(3,6-9)7-11/h8H,4-7,11-12H2,1-3H3/t8?,10-/m0/s1. The molecule has 1 fully saturated rings. The van der Waals surface area contributed by atoms with Crippen molar-refractivity contribution < 1.29 is 0 Å². The van der Waals surface area contributed by atoms with Crippen molar-refractivity contribution in [2.75, 3.05) is 6.54 Å². The molecule has 2 nitrogen and oxygen atoms in total. The summed E-state index contributed by atoms with van der Waals surface area (Å²) in [5.74, 6) is 0. The SMILES string of the molecule is CC1(C)CC(N)C[C@](C)(CN)C1. The number of hydrogen-bond donors (Lipinski definition) is 2. The summed E-state index contributed by atoms with van der Waals surface area (Å²) in [5.41, 5.74) is 12.4. The van der Waals surface area contributed by atoms with Crippen molar-refractivity contribution in [3.63, 3.8) is 0 Å². The summed E-state index contributed by atoms with van der Waals surface area (Å²) in [6.45, 7) is 7.61. The third kappa shape index (κ3) is 2.20. The summed E-state index contributed by atoms with van der Waals surface area (Å²) < 4.78 is 0. The normalized spacial score (nSPS) is 41.2. The summed E-state index contributed by atoms with van der Waals surface area (Å²) in [7, 11) is 0. The molecule has 0 aliphatic heterocycles. The fraction of sp³-hybridized carbons (Fsp3) is 1.00. The van der Waals surface area contributed by atoms with E-state index in [4.69, 9.17) is 11.5 Å². The van der Waals surface area contributed by atoms with Crippen LogP contribution in [-0.4, -0.2) is 12.6 Å². The second-order valence-corrected chi connectivity index (χ2v) is 5.52. The molecule has 2 heteroatoms. The van der Waals surface area contributed by atoms with E-state index in [2.05, 4.69) is 20.8 Å². The van der Waals surface area contributed by atoms with E-state index in [1.165, 1.54) is 6.42 Å². The van der Waals surface area contributed by atoms with Crippen LogP contribution in [0.15, 0.2) is 0 Å². The zero-order chi connectivity index (χ0) is 9.41. The molecule has 1 unspecified atom stereocenters. The van der Waals surface area contributed by atoms with Gasteiger partial charge in [0.15, 0.2) is 0 Å². The molecule has 1 aliphatic carbocycles. The van der Waals surface area contributed by atoms with E-state index in [1.54, 1.807) is 0 Å². The number of nitrogens with two attached hydrogens (primary N) is 2. The second kappa shape index (κ2) is 3.00. The van der Waals surface area contributed by atoms with E-state index < -0.39 is 0 Å². The maximum atomic E-state index is 6.01. The molecular formula is C10H22N2. The van der Waals surface area contributed by atoms with Gasteiger partial charge in [-0.15, -0.1) is 0 Å². The van der Waals surface area contributed by atoms with E-state index in [1.807, 2.05) is 0 Å². The van der Waals surface area contributed by atoms with Crippen molar-refractivity contribution >= 4 is 0 Å². The quantitative estimate of drug-likeness (QED) is 0.626. The van der Waals surface area contributed by atoms with Gasteiger partial charge in [0.05, 0.1) is 0 Å². The molecule has 0 heterocycles. The first kappa shape index (κ1) is 10.0. The van der Waals surface area contributed by atoms with Gasteiger partial charge in [-0.3, -0.25) is 0 Å². The number of hydrogen-bond acceptors (Lipinski definition) is 2. The Hall–Kier alpha value is -0.0800. The highest BCUT2D eigenvalue weighted by Gasteiger charge is 2.38. The first-order chi connectivity index (χ1) is 5.37. The number of rotatable bonds is 1. The van der Waals surface area contributed by atoms with Crippen LogP contribution in [-0.2, 0) is 0 Å². The minimum absolute atomic E-state index is 0.279. The van der Waals surface area contributed by atoms with Crippen LogP contribution in [0.4, 0.5) is 0 Å². The highest BCUT2D eigenvalue weighted by atomic mass is 14.7. The zero-order valence-corrected chi connectivity index (χ0v) is 8.56. The van der Waals surface area contributed by atoms with Crippen LogP contribution in [0.1, 0.15) is 40.0 Å². The molecule has 0 aromatic heterocycles. The van der Waals surface area contributed by atoms with Crippen LogP contribution in [0.2, 0.25) is 0 Å². The Morgan fingerprint density at radius 2 is 1.83 bits per heavy atom. The highest BCUT2D eigenvalue weighted by Crippen LogP contribution is 2.44. The fourth-order valence-corrected chi connectivity index (χ4v) is 2.87. The summed E-state index contributed by atoms with van der Waals surface area (Å²) >= 11 is 0. The minimum Gasteiger partial charge on any atom is -0.330 e. The van der Waals surface area contributed by atoms with Gasteiger partial charge >= 0.3 is 0 Å². The lowest BCUT2D eigenvalue weighted by Gasteiger charge is -2.45. The Morgan fingerprint density at radius 3 is 2.25 bits per heavy atom. The lowest BCUT2D eigenvalue weighted by atomic mass is 9.63. The van der Waals surface area contributed by atoms with Gasteiger partial charge in [-0.05, 0) is 36.6 Å². The van der Waals surface area contributed by atoms with E-state index in [0.717, 1.165) is 19.4 Å². The van der Waals surface area contributed by atoms with Gasteiger partial charge in [0.2, 0.25) is 0 Å². The van der Waals surface area contributed by atoms with Crippen LogP contribution in [0, 0.1) is 10.8 Å². The van der Waals surface area contributed by atoms with Crippen LogP contribution in [0.3, 0.4) is 0 Å². The highest BCUT2D eigenvalue weighted by molar-refractivity contribution is 4.93. The Bertz CT molecular complexity index is 165. The van der Waals surface area contributed by atoms with E-state index in [9.17, 15) is 0 Å². The Balaban J connectivity index is 2.70.